The van der Waals surface area contributed by atoms with Crippen molar-refractivity contribution in [3.8, 4) is 11.1 Å². The number of anilines is 6. The monoisotopic (exact) mass is 694 g/mol. The lowest BCUT2D eigenvalue weighted by molar-refractivity contribution is 1.26. The lowest BCUT2D eigenvalue weighted by Crippen LogP contribution is -2.14. The van der Waals surface area contributed by atoms with Gasteiger partial charge in [0.05, 0.1) is 17.1 Å². The van der Waals surface area contributed by atoms with Gasteiger partial charge in [0.1, 0.15) is 0 Å². The Morgan fingerprint density at radius 1 is 0.302 bits per heavy atom. The Bertz CT molecular complexity index is 2900. The highest BCUT2D eigenvalue weighted by molar-refractivity contribution is 7.25. The van der Waals surface area contributed by atoms with E-state index in [1.807, 2.05) is 11.3 Å². The molecule has 0 aliphatic heterocycles. The van der Waals surface area contributed by atoms with E-state index in [9.17, 15) is 0 Å². The molecule has 2 nitrogen and oxygen atoms in total. The summed E-state index contributed by atoms with van der Waals surface area (Å²) in [6.45, 7) is 0. The number of benzene rings is 9. The molecule has 53 heavy (non-hydrogen) atoms. The van der Waals surface area contributed by atoms with Crippen LogP contribution in [0.5, 0.6) is 0 Å². The molecule has 250 valence electrons. The highest BCUT2D eigenvalue weighted by Crippen LogP contribution is 2.48. The molecular weight excluding hydrogens is 661 g/mol. The van der Waals surface area contributed by atoms with Crippen molar-refractivity contribution in [2.75, 3.05) is 9.80 Å². The van der Waals surface area contributed by atoms with Gasteiger partial charge in [-0.05, 0) is 83.1 Å². The van der Waals surface area contributed by atoms with Crippen molar-refractivity contribution in [1.29, 1.82) is 0 Å². The maximum absolute atomic E-state index is 2.45. The van der Waals surface area contributed by atoms with Crippen molar-refractivity contribution in [2.45, 2.75) is 0 Å². The van der Waals surface area contributed by atoms with Gasteiger partial charge in [0.2, 0.25) is 0 Å². The van der Waals surface area contributed by atoms with E-state index >= 15 is 0 Å². The number of hydrogen-bond donors (Lipinski definition) is 0. The summed E-state index contributed by atoms with van der Waals surface area (Å²) in [7, 11) is 0. The first-order chi connectivity index (χ1) is 26.3. The average molecular weight is 695 g/mol. The van der Waals surface area contributed by atoms with Crippen molar-refractivity contribution < 1.29 is 0 Å². The number of para-hydroxylation sites is 2. The molecule has 0 unspecified atom stereocenters. The molecule has 1 aromatic heterocycles. The van der Waals surface area contributed by atoms with Gasteiger partial charge in [-0.25, -0.2) is 0 Å². The van der Waals surface area contributed by atoms with Crippen LogP contribution in [0.1, 0.15) is 0 Å². The van der Waals surface area contributed by atoms with Crippen LogP contribution in [-0.4, -0.2) is 0 Å². The Hall–Kier alpha value is -6.68. The number of rotatable bonds is 7. The largest absolute Gasteiger partial charge is 0.310 e. The molecule has 0 saturated carbocycles. The van der Waals surface area contributed by atoms with E-state index in [1.165, 1.54) is 47.3 Å². The molecule has 0 radical (unpaired) electrons. The summed E-state index contributed by atoms with van der Waals surface area (Å²) in [5.74, 6) is 0. The van der Waals surface area contributed by atoms with E-state index in [0.717, 1.165) is 39.7 Å². The van der Waals surface area contributed by atoms with Gasteiger partial charge in [-0.3, -0.25) is 0 Å². The zero-order chi connectivity index (χ0) is 35.1. The second-order valence-corrected chi connectivity index (χ2v) is 14.4. The summed E-state index contributed by atoms with van der Waals surface area (Å²) in [4.78, 5) is 4.85. The van der Waals surface area contributed by atoms with Crippen LogP contribution < -0.4 is 9.80 Å². The molecule has 0 spiro atoms. The van der Waals surface area contributed by atoms with Gasteiger partial charge in [-0.15, -0.1) is 11.3 Å². The summed E-state index contributed by atoms with van der Waals surface area (Å²) in [5, 5.41) is 7.40. The minimum atomic E-state index is 1.08. The van der Waals surface area contributed by atoms with Crippen molar-refractivity contribution in [3.63, 3.8) is 0 Å². The van der Waals surface area contributed by atoms with Gasteiger partial charge in [0.25, 0.3) is 0 Å². The minimum absolute atomic E-state index is 1.08. The van der Waals surface area contributed by atoms with Gasteiger partial charge >= 0.3 is 0 Å². The van der Waals surface area contributed by atoms with E-state index in [0.29, 0.717) is 0 Å². The van der Waals surface area contributed by atoms with Gasteiger partial charge in [0.15, 0.2) is 0 Å². The zero-order valence-corrected chi connectivity index (χ0v) is 29.7. The molecule has 0 fully saturated rings. The molecule has 9 aromatic carbocycles. The van der Waals surface area contributed by atoms with Crippen LogP contribution in [-0.2, 0) is 0 Å². The first kappa shape index (κ1) is 31.1. The molecular formula is C50H34N2S. The van der Waals surface area contributed by atoms with Crippen LogP contribution in [0.3, 0.4) is 0 Å². The van der Waals surface area contributed by atoms with Crippen molar-refractivity contribution in [3.05, 3.63) is 206 Å². The van der Waals surface area contributed by atoms with Gasteiger partial charge in [0, 0.05) is 53.6 Å². The quantitative estimate of drug-likeness (QED) is 0.164. The molecule has 0 saturated heterocycles. The molecule has 3 heteroatoms. The van der Waals surface area contributed by atoms with Gasteiger partial charge in [-0.2, -0.15) is 0 Å². The molecule has 10 rings (SSSR count). The predicted octanol–water partition coefficient (Wildman–Crippen LogP) is 15.0. The number of fused-ring (bicyclic) bond motifs is 5. The van der Waals surface area contributed by atoms with Gasteiger partial charge < -0.3 is 9.80 Å². The standard InChI is InChI=1S/C50H34N2S/c1-3-19-38(20-4-1)51(46-26-13-17-35-15-7-9-23-41(35)46)40-30-31-43(37-29-32-50-45(33-37)44-25-11-12-28-49(44)53-50)48(34-40)52(39-21-5-2-6-22-39)47-27-14-18-36-16-8-10-24-42(36)47/h1-34H. The highest BCUT2D eigenvalue weighted by atomic mass is 32.1. The third-order valence-electron chi connectivity index (χ3n) is 10.2. The fourth-order valence-corrected chi connectivity index (χ4v) is 8.86. The maximum atomic E-state index is 2.45. The van der Waals surface area contributed by atoms with Crippen molar-refractivity contribution in [1.82, 2.24) is 0 Å². The molecule has 0 bridgehead atoms. The first-order valence-electron chi connectivity index (χ1n) is 18.0. The Morgan fingerprint density at radius 2 is 0.830 bits per heavy atom. The molecule has 10 aromatic rings. The summed E-state index contributed by atoms with van der Waals surface area (Å²) in [6, 6.07) is 74.8. The fraction of sp³-hybridized carbons (Fsp3) is 0. The molecule has 0 atom stereocenters. The lowest BCUT2D eigenvalue weighted by atomic mass is 9.97. The molecule has 0 N–H and O–H groups in total. The number of thiophene rings is 1. The summed E-state index contributed by atoms with van der Waals surface area (Å²) < 4.78 is 2.61. The summed E-state index contributed by atoms with van der Waals surface area (Å²) in [6.07, 6.45) is 0. The number of hydrogen-bond acceptors (Lipinski definition) is 3. The highest BCUT2D eigenvalue weighted by Gasteiger charge is 2.23. The molecule has 0 aliphatic rings. The predicted molar refractivity (Wildman–Crippen MR) is 229 cm³/mol. The summed E-state index contributed by atoms with van der Waals surface area (Å²) >= 11 is 1.86. The van der Waals surface area contributed by atoms with E-state index in [-0.39, 0.29) is 0 Å². The van der Waals surface area contributed by atoms with Crippen LogP contribution in [0.4, 0.5) is 34.1 Å². The molecule has 0 amide bonds. The van der Waals surface area contributed by atoms with Crippen LogP contribution in [0.15, 0.2) is 206 Å². The Balaban J connectivity index is 1.28. The smallest absolute Gasteiger partial charge is 0.0561 e. The van der Waals surface area contributed by atoms with E-state index in [2.05, 4.69) is 216 Å². The van der Waals surface area contributed by atoms with Crippen LogP contribution in [0.2, 0.25) is 0 Å². The first-order valence-corrected chi connectivity index (χ1v) is 18.8. The molecule has 0 aliphatic carbocycles. The Kier molecular flexibility index (Phi) is 7.71. The second-order valence-electron chi connectivity index (χ2n) is 13.3. The van der Waals surface area contributed by atoms with Crippen LogP contribution in [0, 0.1) is 0 Å². The topological polar surface area (TPSA) is 6.48 Å². The minimum Gasteiger partial charge on any atom is -0.310 e. The van der Waals surface area contributed by atoms with Gasteiger partial charge in [-0.1, -0.05) is 140 Å². The van der Waals surface area contributed by atoms with Crippen molar-refractivity contribution in [2.24, 2.45) is 0 Å². The Morgan fingerprint density at radius 3 is 1.51 bits per heavy atom. The Labute approximate surface area is 313 Å². The maximum Gasteiger partial charge on any atom is 0.0561 e. The molecule has 1 heterocycles. The average Bonchev–Trinajstić information content (AvgIpc) is 3.60. The third-order valence-corrected chi connectivity index (χ3v) is 11.4. The number of nitrogens with zero attached hydrogens (tertiary/aromatic N) is 2. The fourth-order valence-electron chi connectivity index (χ4n) is 7.78. The van der Waals surface area contributed by atoms with E-state index in [1.54, 1.807) is 0 Å². The summed E-state index contributed by atoms with van der Waals surface area (Å²) in [5.41, 5.74) is 8.99. The van der Waals surface area contributed by atoms with Crippen molar-refractivity contribution >= 4 is 87.2 Å². The lowest BCUT2D eigenvalue weighted by Gasteiger charge is -2.32. The van der Waals surface area contributed by atoms with Crippen LogP contribution >= 0.6 is 11.3 Å². The normalized spacial score (nSPS) is 11.4. The van der Waals surface area contributed by atoms with E-state index in [4.69, 9.17) is 0 Å². The zero-order valence-electron chi connectivity index (χ0n) is 28.9. The third kappa shape index (κ3) is 5.50. The van der Waals surface area contributed by atoms with E-state index < -0.39 is 0 Å². The second kappa shape index (κ2) is 13.1. The van der Waals surface area contributed by atoms with Crippen LogP contribution in [0.25, 0.3) is 52.8 Å². The SMILES string of the molecule is c1ccc(N(c2ccc(-c3ccc4sc5ccccc5c4c3)c(N(c3ccccc3)c3cccc4ccccc34)c2)c2cccc3ccccc23)cc1.